The van der Waals surface area contributed by atoms with Gasteiger partial charge >= 0.3 is 12.1 Å². The van der Waals surface area contributed by atoms with E-state index in [9.17, 15) is 19.1 Å². The molecule has 1 saturated heterocycles. The minimum Gasteiger partial charge on any atom is -0.476 e. The number of rotatable bonds is 5. The number of nitrogens with one attached hydrogen (secondary N) is 1. The molecule has 8 heteroatoms. The van der Waals surface area contributed by atoms with E-state index in [0.29, 0.717) is 18.8 Å². The highest BCUT2D eigenvalue weighted by atomic mass is 19.1. The Kier molecular flexibility index (Phi) is 7.61. The molecule has 0 saturated carbocycles. The van der Waals surface area contributed by atoms with Crippen LogP contribution in [0, 0.1) is 19.8 Å². The summed E-state index contributed by atoms with van der Waals surface area (Å²) in [6.45, 7) is 6.66. The SMILES string of the molecule is Cc1cc(C(C)Nc2ccc(F)nc2C(=O)O)cc(N2CCOC2=O)c1.Cc1ccccc1. The zero-order valence-electron chi connectivity index (χ0n) is 18.7. The summed E-state index contributed by atoms with van der Waals surface area (Å²) < 4.78 is 18.2. The lowest BCUT2D eigenvalue weighted by molar-refractivity contribution is 0.0690. The van der Waals surface area contributed by atoms with Crippen molar-refractivity contribution in [2.75, 3.05) is 23.4 Å². The van der Waals surface area contributed by atoms with Crippen molar-refractivity contribution in [2.24, 2.45) is 0 Å². The van der Waals surface area contributed by atoms with E-state index in [1.54, 1.807) is 4.90 Å². The van der Waals surface area contributed by atoms with Crippen LogP contribution in [0.1, 0.15) is 40.1 Å². The molecule has 33 heavy (non-hydrogen) atoms. The van der Waals surface area contributed by atoms with Crippen molar-refractivity contribution in [3.05, 3.63) is 89.0 Å². The maximum Gasteiger partial charge on any atom is 0.414 e. The van der Waals surface area contributed by atoms with Crippen LogP contribution in [0.15, 0.2) is 60.7 Å². The van der Waals surface area contributed by atoms with E-state index in [-0.39, 0.29) is 17.4 Å². The average Bonchev–Trinajstić information content (AvgIpc) is 3.21. The number of cyclic esters (lactones) is 1. The molecule has 1 atom stereocenters. The summed E-state index contributed by atoms with van der Waals surface area (Å²) in [5.74, 6) is -2.17. The third-order valence-electron chi connectivity index (χ3n) is 5.03. The minimum atomic E-state index is -1.32. The Morgan fingerprint density at radius 3 is 2.42 bits per heavy atom. The second-order valence-corrected chi connectivity index (χ2v) is 7.72. The number of aromatic nitrogens is 1. The largest absolute Gasteiger partial charge is 0.476 e. The molecule has 2 N–H and O–H groups in total. The molecule has 0 radical (unpaired) electrons. The molecule has 0 bridgehead atoms. The van der Waals surface area contributed by atoms with E-state index in [0.717, 1.165) is 17.2 Å². The second-order valence-electron chi connectivity index (χ2n) is 7.72. The molecule has 3 aromatic rings. The second kappa shape index (κ2) is 10.6. The molecule has 1 fully saturated rings. The van der Waals surface area contributed by atoms with Crippen LogP contribution in [0.5, 0.6) is 0 Å². The fourth-order valence-corrected chi connectivity index (χ4v) is 3.39. The predicted molar refractivity (Wildman–Crippen MR) is 124 cm³/mol. The van der Waals surface area contributed by atoms with Crippen LogP contribution in [0.2, 0.25) is 0 Å². The number of benzene rings is 2. The number of aromatic carboxylic acids is 1. The van der Waals surface area contributed by atoms with Gasteiger partial charge in [0.1, 0.15) is 6.61 Å². The van der Waals surface area contributed by atoms with E-state index in [4.69, 9.17) is 4.74 Å². The number of hydrogen-bond acceptors (Lipinski definition) is 5. The summed E-state index contributed by atoms with van der Waals surface area (Å²) in [5, 5.41) is 12.3. The fraction of sp³-hybridized carbons (Fsp3) is 0.240. The maximum absolute atomic E-state index is 13.2. The van der Waals surface area contributed by atoms with E-state index < -0.39 is 18.0 Å². The molecule has 1 unspecified atom stereocenters. The maximum atomic E-state index is 13.2. The van der Waals surface area contributed by atoms with Crippen LogP contribution in [-0.4, -0.2) is 35.3 Å². The first-order valence-electron chi connectivity index (χ1n) is 10.5. The van der Waals surface area contributed by atoms with Gasteiger partial charge in [-0.3, -0.25) is 4.90 Å². The van der Waals surface area contributed by atoms with Gasteiger partial charge < -0.3 is 15.2 Å². The Bertz CT molecular complexity index is 1140. The van der Waals surface area contributed by atoms with E-state index in [1.807, 2.05) is 50.2 Å². The lowest BCUT2D eigenvalue weighted by Gasteiger charge is -2.20. The molecule has 7 nitrogen and oxygen atoms in total. The van der Waals surface area contributed by atoms with Crippen LogP contribution in [0.3, 0.4) is 0 Å². The number of hydrogen-bond donors (Lipinski definition) is 2. The third kappa shape index (κ3) is 6.29. The molecule has 2 heterocycles. The van der Waals surface area contributed by atoms with Crippen LogP contribution >= 0.6 is 0 Å². The van der Waals surface area contributed by atoms with Gasteiger partial charge in [0.25, 0.3) is 0 Å². The van der Waals surface area contributed by atoms with Gasteiger partial charge in [-0.1, -0.05) is 42.0 Å². The third-order valence-corrected chi connectivity index (χ3v) is 5.03. The topological polar surface area (TPSA) is 91.8 Å². The van der Waals surface area contributed by atoms with Gasteiger partial charge in [-0.15, -0.1) is 0 Å². The first-order valence-corrected chi connectivity index (χ1v) is 10.5. The molecular formula is C25H26FN3O4. The molecule has 4 rings (SSSR count). The zero-order chi connectivity index (χ0) is 24.0. The number of carbonyl (C=O) groups is 2. The van der Waals surface area contributed by atoms with E-state index >= 15 is 0 Å². The number of nitrogens with zero attached hydrogens (tertiary/aromatic N) is 2. The van der Waals surface area contributed by atoms with Gasteiger partial charge in [-0.2, -0.15) is 4.39 Å². The Morgan fingerprint density at radius 1 is 1.12 bits per heavy atom. The summed E-state index contributed by atoms with van der Waals surface area (Å²) in [6, 6.07) is 18.1. The lowest BCUT2D eigenvalue weighted by atomic mass is 10.0. The van der Waals surface area contributed by atoms with Crippen molar-refractivity contribution in [1.29, 1.82) is 0 Å². The quantitative estimate of drug-likeness (QED) is 0.508. The van der Waals surface area contributed by atoms with E-state index in [1.165, 1.54) is 11.6 Å². The first kappa shape index (κ1) is 23.7. The summed E-state index contributed by atoms with van der Waals surface area (Å²) in [6.07, 6.45) is -0.391. The molecule has 0 spiro atoms. The monoisotopic (exact) mass is 451 g/mol. The Balaban J connectivity index is 0.000000374. The lowest BCUT2D eigenvalue weighted by Crippen LogP contribution is -2.23. The van der Waals surface area contributed by atoms with Gasteiger partial charge in [0.2, 0.25) is 5.95 Å². The van der Waals surface area contributed by atoms with Crippen molar-refractivity contribution >= 4 is 23.4 Å². The van der Waals surface area contributed by atoms with Gasteiger partial charge in [0.05, 0.1) is 12.2 Å². The van der Waals surface area contributed by atoms with E-state index in [2.05, 4.69) is 29.4 Å². The van der Waals surface area contributed by atoms with Gasteiger partial charge in [0, 0.05) is 11.7 Å². The Hall–Kier alpha value is -3.94. The number of carbonyl (C=O) groups excluding carboxylic acids is 1. The summed E-state index contributed by atoms with van der Waals surface area (Å²) in [4.78, 5) is 28.0. The highest BCUT2D eigenvalue weighted by Crippen LogP contribution is 2.28. The predicted octanol–water partition coefficient (Wildman–Crippen LogP) is 5.35. The van der Waals surface area contributed by atoms with Crippen LogP contribution in [0.4, 0.5) is 20.6 Å². The number of carboxylic acids is 1. The molecular weight excluding hydrogens is 425 g/mol. The number of pyridine rings is 1. The molecule has 1 amide bonds. The first-order chi connectivity index (χ1) is 15.7. The highest BCUT2D eigenvalue weighted by molar-refractivity contribution is 5.92. The number of anilines is 2. The van der Waals surface area contributed by atoms with Crippen LogP contribution in [0.25, 0.3) is 0 Å². The normalized spacial score (nSPS) is 13.6. The van der Waals surface area contributed by atoms with Gasteiger partial charge in [0.15, 0.2) is 5.69 Å². The van der Waals surface area contributed by atoms with Crippen LogP contribution in [-0.2, 0) is 4.74 Å². The number of halogens is 1. The highest BCUT2D eigenvalue weighted by Gasteiger charge is 2.24. The Labute approximate surface area is 191 Å². The Morgan fingerprint density at radius 2 is 1.85 bits per heavy atom. The van der Waals surface area contributed by atoms with Gasteiger partial charge in [-0.25, -0.2) is 14.6 Å². The zero-order valence-corrected chi connectivity index (χ0v) is 18.7. The smallest absolute Gasteiger partial charge is 0.414 e. The van der Waals surface area contributed by atoms with Crippen molar-refractivity contribution < 1.29 is 23.8 Å². The molecule has 1 aliphatic rings. The van der Waals surface area contributed by atoms with Crippen molar-refractivity contribution in [3.63, 3.8) is 0 Å². The summed E-state index contributed by atoms with van der Waals surface area (Å²) >= 11 is 0. The fourth-order valence-electron chi connectivity index (χ4n) is 3.39. The summed E-state index contributed by atoms with van der Waals surface area (Å²) in [5.41, 5.74) is 3.67. The van der Waals surface area contributed by atoms with Crippen molar-refractivity contribution in [1.82, 2.24) is 4.98 Å². The standard InChI is InChI=1S/C18H18FN3O4.C7H8/c1-10-7-12(9-13(8-10)22-5-6-26-18(22)25)11(2)20-14-3-4-15(19)21-16(14)17(23)24;1-7-5-3-2-4-6-7/h3-4,7-9,11,20H,5-6H2,1-2H3,(H,23,24);2-6H,1H3. The molecule has 1 aromatic heterocycles. The van der Waals surface area contributed by atoms with Crippen LogP contribution < -0.4 is 10.2 Å². The molecule has 0 aliphatic carbocycles. The average molecular weight is 451 g/mol. The summed E-state index contributed by atoms with van der Waals surface area (Å²) in [7, 11) is 0. The molecule has 172 valence electrons. The van der Waals surface area contributed by atoms with Gasteiger partial charge in [-0.05, 0) is 56.2 Å². The number of aryl methyl sites for hydroxylation is 2. The molecule has 1 aliphatic heterocycles. The number of carboxylic acid groups (broad SMARTS) is 1. The number of ether oxygens (including phenoxy) is 1. The molecule has 2 aromatic carbocycles. The minimum absolute atomic E-state index is 0.218. The van der Waals surface area contributed by atoms with Crippen molar-refractivity contribution in [3.8, 4) is 0 Å². The van der Waals surface area contributed by atoms with Crippen molar-refractivity contribution in [2.45, 2.75) is 26.8 Å². The number of amides is 1.